The number of imidazole rings is 1. The molecule has 3 heterocycles. The summed E-state index contributed by atoms with van der Waals surface area (Å²) in [4.78, 5) is 24.1. The quantitative estimate of drug-likeness (QED) is 0.538. The maximum absolute atomic E-state index is 15.4. The molecular weight excluding hydrogens is 461 g/mol. The first-order chi connectivity index (χ1) is 16.2. The molecule has 0 aliphatic carbocycles. The number of methoxy groups -OCH3 is 1. The number of aromatic nitrogens is 3. The van der Waals surface area contributed by atoms with Crippen molar-refractivity contribution in [2.75, 3.05) is 26.0 Å². The maximum Gasteiger partial charge on any atom is 0.261 e. The number of benzene rings is 1. The van der Waals surface area contributed by atoms with Crippen LogP contribution >= 0.6 is 11.6 Å². The van der Waals surface area contributed by atoms with Crippen LogP contribution < -0.4 is 10.5 Å². The number of rotatable bonds is 7. The molecular formula is C24H29ClFN5O3. The molecule has 0 unspecified atom stereocenters. The van der Waals surface area contributed by atoms with Crippen LogP contribution in [0.5, 0.6) is 5.75 Å². The highest BCUT2D eigenvalue weighted by Crippen LogP contribution is 2.36. The number of anilines is 1. The summed E-state index contributed by atoms with van der Waals surface area (Å²) in [6.45, 7) is 6.41. The Morgan fingerprint density at radius 1 is 1.41 bits per heavy atom. The highest BCUT2D eigenvalue weighted by Gasteiger charge is 2.35. The van der Waals surface area contributed by atoms with Gasteiger partial charge in [-0.15, -0.1) is 0 Å². The fourth-order valence-electron chi connectivity index (χ4n) is 4.58. The van der Waals surface area contributed by atoms with Crippen LogP contribution in [0, 0.1) is 12.7 Å². The van der Waals surface area contributed by atoms with Crippen molar-refractivity contribution in [3.8, 4) is 5.75 Å². The predicted molar refractivity (Wildman–Crippen MR) is 128 cm³/mol. The summed E-state index contributed by atoms with van der Waals surface area (Å²) in [5, 5.41) is -0.143. The molecule has 1 aliphatic heterocycles. The molecule has 1 atom stereocenters. The zero-order chi connectivity index (χ0) is 24.6. The molecule has 1 aromatic carbocycles. The van der Waals surface area contributed by atoms with Crippen molar-refractivity contribution in [1.29, 1.82) is 0 Å². The van der Waals surface area contributed by atoms with Gasteiger partial charge in [-0.2, -0.15) is 0 Å². The van der Waals surface area contributed by atoms with Crippen molar-refractivity contribution in [1.82, 2.24) is 19.3 Å². The van der Waals surface area contributed by atoms with E-state index in [0.717, 1.165) is 18.5 Å². The molecule has 1 aliphatic rings. The molecule has 1 amide bonds. The van der Waals surface area contributed by atoms with Gasteiger partial charge in [-0.3, -0.25) is 9.20 Å². The predicted octanol–water partition coefficient (Wildman–Crippen LogP) is 4.04. The molecule has 1 fully saturated rings. The molecule has 0 bridgehead atoms. The zero-order valence-electron chi connectivity index (χ0n) is 19.8. The molecule has 3 aromatic rings. The van der Waals surface area contributed by atoms with Crippen molar-refractivity contribution in [2.24, 2.45) is 0 Å². The summed E-state index contributed by atoms with van der Waals surface area (Å²) >= 11 is 6.31. The van der Waals surface area contributed by atoms with Gasteiger partial charge in [0, 0.05) is 38.0 Å². The molecule has 10 heteroatoms. The smallest absolute Gasteiger partial charge is 0.261 e. The zero-order valence-corrected chi connectivity index (χ0v) is 20.5. The molecule has 2 aromatic heterocycles. The van der Waals surface area contributed by atoms with Gasteiger partial charge >= 0.3 is 0 Å². The molecule has 1 saturated heterocycles. The number of aryl methyl sites for hydroxylation is 1. The van der Waals surface area contributed by atoms with Crippen molar-refractivity contribution < 1.29 is 18.7 Å². The van der Waals surface area contributed by atoms with E-state index in [-0.39, 0.29) is 34.9 Å². The van der Waals surface area contributed by atoms with Crippen LogP contribution in [0.4, 0.5) is 10.2 Å². The van der Waals surface area contributed by atoms with E-state index in [1.165, 1.54) is 6.07 Å². The van der Waals surface area contributed by atoms with E-state index in [2.05, 4.69) is 9.97 Å². The standard InChI is InChI=1S/C24H29ClFN5O3/c1-13(2)34-22-15(11-18-29-14(3)21-23(27)28-7-9-31(18)21)10-17(25)20(26)19(22)24(32)30-8-5-6-16(30)12-33-4/h7,9-10,13,16H,5-6,8,11-12H2,1-4H3,(H2,27,28)/t16-/m0/s1. The number of hydrogen-bond acceptors (Lipinski definition) is 6. The number of ether oxygens (including phenoxy) is 2. The number of amides is 1. The van der Waals surface area contributed by atoms with Gasteiger partial charge in [0.1, 0.15) is 28.5 Å². The average Bonchev–Trinajstić information content (AvgIpc) is 3.36. The lowest BCUT2D eigenvalue weighted by molar-refractivity contribution is 0.0620. The number of carbonyl (C=O) groups is 1. The fraction of sp³-hybridized carbons (Fsp3) is 0.458. The minimum Gasteiger partial charge on any atom is -0.490 e. The van der Waals surface area contributed by atoms with Gasteiger partial charge < -0.3 is 20.1 Å². The first-order valence-electron chi connectivity index (χ1n) is 11.3. The number of nitrogens with two attached hydrogens (primary N) is 1. The summed E-state index contributed by atoms with van der Waals surface area (Å²) < 4.78 is 28.6. The lowest BCUT2D eigenvalue weighted by atomic mass is 10.0. The van der Waals surface area contributed by atoms with Gasteiger partial charge in [0.05, 0.1) is 29.5 Å². The SMILES string of the molecule is COC[C@@H]1CCCN1C(=O)c1c(F)c(Cl)cc(Cc2nc(C)c3c(N)nccn23)c1OC(C)C. The Morgan fingerprint density at radius 2 is 2.18 bits per heavy atom. The Kier molecular flexibility index (Phi) is 6.95. The monoisotopic (exact) mass is 489 g/mol. The average molecular weight is 490 g/mol. The number of likely N-dealkylation sites (tertiary alicyclic amines) is 1. The van der Waals surface area contributed by atoms with Crippen LogP contribution in [0.2, 0.25) is 5.02 Å². The third-order valence-electron chi connectivity index (χ3n) is 5.99. The van der Waals surface area contributed by atoms with E-state index in [0.29, 0.717) is 35.9 Å². The van der Waals surface area contributed by atoms with Gasteiger partial charge in [0.25, 0.3) is 5.91 Å². The maximum atomic E-state index is 15.4. The third-order valence-corrected chi connectivity index (χ3v) is 6.27. The van der Waals surface area contributed by atoms with Crippen LogP contribution in [0.15, 0.2) is 18.5 Å². The summed E-state index contributed by atoms with van der Waals surface area (Å²) in [6, 6.07) is 1.38. The summed E-state index contributed by atoms with van der Waals surface area (Å²) in [7, 11) is 1.59. The minimum absolute atomic E-state index is 0.124. The second-order valence-electron chi connectivity index (χ2n) is 8.77. The molecule has 0 saturated carbocycles. The molecule has 182 valence electrons. The van der Waals surface area contributed by atoms with Gasteiger partial charge in [0.2, 0.25) is 0 Å². The van der Waals surface area contributed by atoms with Gasteiger partial charge in [-0.1, -0.05) is 11.6 Å². The molecule has 34 heavy (non-hydrogen) atoms. The Bertz CT molecular complexity index is 1230. The van der Waals surface area contributed by atoms with Gasteiger partial charge in [-0.05, 0) is 39.7 Å². The van der Waals surface area contributed by atoms with Crippen molar-refractivity contribution in [3.05, 3.63) is 51.9 Å². The number of carbonyl (C=O) groups excluding carboxylic acids is 1. The van der Waals surface area contributed by atoms with E-state index >= 15 is 4.39 Å². The van der Waals surface area contributed by atoms with Crippen LogP contribution in [-0.2, 0) is 11.2 Å². The molecule has 0 radical (unpaired) electrons. The Morgan fingerprint density at radius 3 is 2.88 bits per heavy atom. The number of hydrogen-bond donors (Lipinski definition) is 1. The second kappa shape index (κ2) is 9.76. The van der Waals surface area contributed by atoms with E-state index in [1.807, 2.05) is 25.2 Å². The molecule has 8 nitrogen and oxygen atoms in total. The van der Waals surface area contributed by atoms with Crippen LogP contribution in [0.1, 0.15) is 54.1 Å². The van der Waals surface area contributed by atoms with Gasteiger partial charge in [0.15, 0.2) is 5.82 Å². The van der Waals surface area contributed by atoms with Crippen molar-refractivity contribution in [3.63, 3.8) is 0 Å². The first kappa shape index (κ1) is 24.2. The van der Waals surface area contributed by atoms with Gasteiger partial charge in [-0.25, -0.2) is 14.4 Å². The highest BCUT2D eigenvalue weighted by atomic mass is 35.5. The molecule has 0 spiro atoms. The Balaban J connectivity index is 1.84. The summed E-state index contributed by atoms with van der Waals surface area (Å²) in [6.07, 6.45) is 4.93. The van der Waals surface area contributed by atoms with E-state index in [9.17, 15) is 4.79 Å². The first-order valence-corrected chi connectivity index (χ1v) is 11.7. The van der Waals surface area contributed by atoms with Crippen LogP contribution in [-0.4, -0.2) is 57.6 Å². The molecule has 2 N–H and O–H groups in total. The normalized spacial score (nSPS) is 16.1. The molecule has 4 rings (SSSR count). The number of fused-ring (bicyclic) bond motifs is 1. The Hall–Kier alpha value is -2.91. The highest BCUT2D eigenvalue weighted by molar-refractivity contribution is 6.31. The largest absolute Gasteiger partial charge is 0.490 e. The second-order valence-corrected chi connectivity index (χ2v) is 9.18. The number of halogens is 2. The van der Waals surface area contributed by atoms with E-state index < -0.39 is 11.7 Å². The topological polar surface area (TPSA) is 95.0 Å². The minimum atomic E-state index is -0.785. The third kappa shape index (κ3) is 4.42. The summed E-state index contributed by atoms with van der Waals surface area (Å²) in [5.41, 5.74) is 7.88. The van der Waals surface area contributed by atoms with Crippen LogP contribution in [0.25, 0.3) is 5.52 Å². The Labute approximate surface area is 202 Å². The van der Waals surface area contributed by atoms with Crippen molar-refractivity contribution in [2.45, 2.75) is 52.2 Å². The lowest BCUT2D eigenvalue weighted by Crippen LogP contribution is -2.39. The fourth-order valence-corrected chi connectivity index (χ4v) is 4.80. The van der Waals surface area contributed by atoms with Crippen molar-refractivity contribution >= 4 is 28.8 Å². The van der Waals surface area contributed by atoms with Crippen LogP contribution in [0.3, 0.4) is 0 Å². The number of nitrogen functional groups attached to an aromatic ring is 1. The number of nitrogens with zero attached hydrogens (tertiary/aromatic N) is 4. The van der Waals surface area contributed by atoms with E-state index in [1.54, 1.807) is 24.4 Å². The summed E-state index contributed by atoms with van der Waals surface area (Å²) in [5.74, 6) is -0.0412. The van der Waals surface area contributed by atoms with E-state index in [4.69, 9.17) is 26.8 Å². The lowest BCUT2D eigenvalue weighted by Gasteiger charge is -2.27.